The number of hydrogen-bond donors (Lipinski definition) is 1. The van der Waals surface area contributed by atoms with Gasteiger partial charge in [0.2, 0.25) is 0 Å². The molecule has 7 heteroatoms. The molecule has 1 heterocycles. The van der Waals surface area contributed by atoms with E-state index in [1.807, 2.05) is 58.0 Å². The summed E-state index contributed by atoms with van der Waals surface area (Å²) >= 11 is 0. The summed E-state index contributed by atoms with van der Waals surface area (Å²) in [5.41, 5.74) is 2.81. The summed E-state index contributed by atoms with van der Waals surface area (Å²) in [6.45, 7) is 8.44. The molecule has 0 spiro atoms. The van der Waals surface area contributed by atoms with E-state index in [1.165, 1.54) is 5.56 Å². The Hall–Kier alpha value is -2.93. The topological polar surface area (TPSA) is 75.3 Å². The average molecular weight is 486 g/mol. The van der Waals surface area contributed by atoms with Crippen LogP contribution in [-0.4, -0.2) is 46.6 Å². The number of fused-ring (bicyclic) bond motifs is 1. The summed E-state index contributed by atoms with van der Waals surface area (Å²) in [6.07, 6.45) is 1.52. The monoisotopic (exact) mass is 485 g/mol. The summed E-state index contributed by atoms with van der Waals surface area (Å²) < 4.78 is 27.9. The standard InChI is InChI=1S/C28H39NO6/c1-17(27(30)35-28(2,3)4)20(13-18-9-10-22(31-5)23(14-18)32-6)26-21-16-25(34-8)24(33-7)15-19(21)11-12-29-26/h9-10,14-17,20,26,29H,11-13H2,1-8H3/t17?,20?,26-/m1/s1. The van der Waals surface area contributed by atoms with Crippen LogP contribution < -0.4 is 24.3 Å². The van der Waals surface area contributed by atoms with Gasteiger partial charge in [0.1, 0.15) is 5.60 Å². The van der Waals surface area contributed by atoms with Crippen molar-refractivity contribution in [3.63, 3.8) is 0 Å². The summed E-state index contributed by atoms with van der Waals surface area (Å²) in [5, 5.41) is 3.67. The number of hydrogen-bond acceptors (Lipinski definition) is 7. The van der Waals surface area contributed by atoms with E-state index in [4.69, 9.17) is 23.7 Å². The van der Waals surface area contributed by atoms with Crippen LogP contribution in [-0.2, 0) is 22.4 Å². The average Bonchev–Trinajstić information content (AvgIpc) is 2.84. The third-order valence-electron chi connectivity index (χ3n) is 6.51. The Morgan fingerprint density at radius 3 is 2.14 bits per heavy atom. The Morgan fingerprint density at radius 2 is 1.54 bits per heavy atom. The number of rotatable bonds is 9. The summed E-state index contributed by atoms with van der Waals surface area (Å²) in [4.78, 5) is 13.3. The van der Waals surface area contributed by atoms with E-state index in [1.54, 1.807) is 28.4 Å². The van der Waals surface area contributed by atoms with Crippen LogP contribution in [0.15, 0.2) is 30.3 Å². The fourth-order valence-corrected chi connectivity index (χ4v) is 4.73. The van der Waals surface area contributed by atoms with Gasteiger partial charge in [-0.1, -0.05) is 13.0 Å². The minimum Gasteiger partial charge on any atom is -0.493 e. The van der Waals surface area contributed by atoms with Crippen LogP contribution in [0.1, 0.15) is 50.4 Å². The van der Waals surface area contributed by atoms with Crippen molar-refractivity contribution >= 4 is 5.97 Å². The lowest BCUT2D eigenvalue weighted by Gasteiger charge is -2.37. The molecule has 1 aliphatic heterocycles. The molecule has 0 saturated carbocycles. The molecule has 2 aromatic carbocycles. The molecule has 1 aliphatic rings. The van der Waals surface area contributed by atoms with Crippen molar-refractivity contribution in [1.29, 1.82) is 0 Å². The van der Waals surface area contributed by atoms with Crippen molar-refractivity contribution in [1.82, 2.24) is 5.32 Å². The number of nitrogens with one attached hydrogen (secondary N) is 1. The molecule has 0 aromatic heterocycles. The van der Waals surface area contributed by atoms with Crippen molar-refractivity contribution in [3.05, 3.63) is 47.0 Å². The largest absolute Gasteiger partial charge is 0.493 e. The quantitative estimate of drug-likeness (QED) is 0.514. The van der Waals surface area contributed by atoms with Gasteiger partial charge in [-0.3, -0.25) is 4.79 Å². The molecular weight excluding hydrogens is 446 g/mol. The highest BCUT2D eigenvalue weighted by Crippen LogP contribution is 2.41. The van der Waals surface area contributed by atoms with Crippen molar-refractivity contribution in [2.75, 3.05) is 35.0 Å². The minimum absolute atomic E-state index is 0.0748. The number of benzene rings is 2. The third kappa shape index (κ3) is 6.20. The van der Waals surface area contributed by atoms with E-state index in [0.29, 0.717) is 29.4 Å². The van der Waals surface area contributed by atoms with E-state index in [-0.39, 0.29) is 23.8 Å². The molecule has 1 N–H and O–H groups in total. The van der Waals surface area contributed by atoms with Gasteiger partial charge in [-0.2, -0.15) is 0 Å². The minimum atomic E-state index is -0.562. The van der Waals surface area contributed by atoms with Crippen molar-refractivity contribution in [2.24, 2.45) is 11.8 Å². The maximum absolute atomic E-state index is 13.3. The smallest absolute Gasteiger partial charge is 0.309 e. The lowest BCUT2D eigenvalue weighted by molar-refractivity contribution is -0.161. The molecular formula is C28H39NO6. The molecule has 7 nitrogen and oxygen atoms in total. The summed E-state index contributed by atoms with van der Waals surface area (Å²) in [6, 6.07) is 9.91. The fraction of sp³-hybridized carbons (Fsp3) is 0.536. The van der Waals surface area contributed by atoms with Crippen molar-refractivity contribution in [3.8, 4) is 23.0 Å². The van der Waals surface area contributed by atoms with Crippen LogP contribution >= 0.6 is 0 Å². The number of carbonyl (C=O) groups excluding carboxylic acids is 1. The number of methoxy groups -OCH3 is 4. The van der Waals surface area contributed by atoms with Crippen LogP contribution in [0.4, 0.5) is 0 Å². The molecule has 3 atom stereocenters. The summed E-state index contributed by atoms with van der Waals surface area (Å²) in [5.74, 6) is 2.07. The number of ether oxygens (including phenoxy) is 5. The maximum atomic E-state index is 13.3. The van der Waals surface area contributed by atoms with E-state index in [0.717, 1.165) is 24.1 Å². The Kier molecular flexibility index (Phi) is 8.54. The first-order chi connectivity index (χ1) is 16.6. The predicted octanol–water partition coefficient (Wildman–Crippen LogP) is 4.74. The zero-order chi connectivity index (χ0) is 25.8. The van der Waals surface area contributed by atoms with Crippen LogP contribution in [0.2, 0.25) is 0 Å². The van der Waals surface area contributed by atoms with Gasteiger partial charge in [0.15, 0.2) is 23.0 Å². The van der Waals surface area contributed by atoms with Crippen LogP contribution in [0, 0.1) is 11.8 Å². The summed E-state index contributed by atoms with van der Waals surface area (Å²) in [7, 11) is 6.53. The fourth-order valence-electron chi connectivity index (χ4n) is 4.73. The van der Waals surface area contributed by atoms with Gasteiger partial charge < -0.3 is 29.0 Å². The van der Waals surface area contributed by atoms with Crippen molar-refractivity contribution < 1.29 is 28.5 Å². The highest BCUT2D eigenvalue weighted by Gasteiger charge is 2.37. The lowest BCUT2D eigenvalue weighted by atomic mass is 9.76. The van der Waals surface area contributed by atoms with E-state index < -0.39 is 5.60 Å². The molecule has 35 heavy (non-hydrogen) atoms. The molecule has 2 unspecified atom stereocenters. The molecule has 192 valence electrons. The Bertz CT molecular complexity index is 1030. The number of carbonyl (C=O) groups is 1. The first-order valence-corrected chi connectivity index (χ1v) is 12.0. The van der Waals surface area contributed by atoms with Gasteiger partial charge in [0.05, 0.1) is 34.4 Å². The van der Waals surface area contributed by atoms with E-state index >= 15 is 0 Å². The second-order valence-electron chi connectivity index (χ2n) is 9.97. The van der Waals surface area contributed by atoms with Crippen LogP contribution in [0.25, 0.3) is 0 Å². The van der Waals surface area contributed by atoms with E-state index in [2.05, 4.69) is 5.32 Å². The maximum Gasteiger partial charge on any atom is 0.309 e. The molecule has 0 saturated heterocycles. The normalized spacial score (nSPS) is 17.1. The van der Waals surface area contributed by atoms with Gasteiger partial charge in [-0.15, -0.1) is 0 Å². The van der Waals surface area contributed by atoms with Gasteiger partial charge >= 0.3 is 5.97 Å². The van der Waals surface area contributed by atoms with Crippen molar-refractivity contribution in [2.45, 2.75) is 52.2 Å². The first-order valence-electron chi connectivity index (χ1n) is 12.0. The highest BCUT2D eigenvalue weighted by atomic mass is 16.6. The first kappa shape index (κ1) is 26.7. The van der Waals surface area contributed by atoms with Crippen LogP contribution in [0.5, 0.6) is 23.0 Å². The Morgan fingerprint density at radius 1 is 0.943 bits per heavy atom. The second-order valence-corrected chi connectivity index (χ2v) is 9.97. The molecule has 3 rings (SSSR count). The zero-order valence-corrected chi connectivity index (χ0v) is 22.2. The van der Waals surface area contributed by atoms with Gasteiger partial charge in [-0.05, 0) is 87.0 Å². The van der Waals surface area contributed by atoms with Gasteiger partial charge in [0.25, 0.3) is 0 Å². The SMILES string of the molecule is COc1ccc(CC(C(C)C(=O)OC(C)(C)C)[C@H]2NCCc3cc(OC)c(OC)cc32)cc1OC. The van der Waals surface area contributed by atoms with Crippen LogP contribution in [0.3, 0.4) is 0 Å². The molecule has 0 aliphatic carbocycles. The molecule has 0 fully saturated rings. The van der Waals surface area contributed by atoms with Gasteiger partial charge in [0, 0.05) is 6.04 Å². The highest BCUT2D eigenvalue weighted by molar-refractivity contribution is 5.73. The number of esters is 1. The molecule has 0 amide bonds. The third-order valence-corrected chi connectivity index (χ3v) is 6.51. The Balaban J connectivity index is 2.05. The van der Waals surface area contributed by atoms with E-state index in [9.17, 15) is 4.79 Å². The second kappa shape index (κ2) is 11.2. The molecule has 0 radical (unpaired) electrons. The molecule has 2 aromatic rings. The lowest BCUT2D eigenvalue weighted by Crippen LogP contribution is -2.41. The zero-order valence-electron chi connectivity index (χ0n) is 22.2. The predicted molar refractivity (Wildman–Crippen MR) is 136 cm³/mol. The Labute approximate surface area is 209 Å². The molecule has 0 bridgehead atoms. The van der Waals surface area contributed by atoms with Gasteiger partial charge in [-0.25, -0.2) is 0 Å².